The molecule has 5 heteroatoms. The summed E-state index contributed by atoms with van der Waals surface area (Å²) in [5.41, 5.74) is 1.21. The van der Waals surface area contributed by atoms with E-state index in [0.717, 1.165) is 0 Å². The summed E-state index contributed by atoms with van der Waals surface area (Å²) in [6.45, 7) is 1.90. The topological polar surface area (TPSA) is 54.3 Å². The van der Waals surface area contributed by atoms with Gasteiger partial charge in [-0.05, 0) is 25.1 Å². The van der Waals surface area contributed by atoms with Crippen molar-refractivity contribution < 1.29 is 9.47 Å². The zero-order valence-corrected chi connectivity index (χ0v) is 10.8. The Balaban J connectivity index is 2.87. The van der Waals surface area contributed by atoms with Gasteiger partial charge >= 0.3 is 0 Å². The number of methoxy groups -OCH3 is 2. The molecule has 0 aliphatic carbocycles. The summed E-state index contributed by atoms with van der Waals surface area (Å²) in [5, 5.41) is 12.7. The molecule has 0 radical (unpaired) electrons. The number of hydrogen-bond donors (Lipinski definition) is 1. The summed E-state index contributed by atoms with van der Waals surface area (Å²) in [5.74, 6) is 0. The highest BCUT2D eigenvalue weighted by atomic mass is 35.5. The minimum absolute atomic E-state index is 0.101. The van der Waals surface area contributed by atoms with Gasteiger partial charge in [0.1, 0.15) is 6.07 Å². The third kappa shape index (κ3) is 3.60. The molecule has 0 aliphatic heterocycles. The third-order valence-corrected chi connectivity index (χ3v) is 2.59. The van der Waals surface area contributed by atoms with Crippen molar-refractivity contribution in [3.05, 3.63) is 28.8 Å². The molecule has 1 unspecified atom stereocenters. The molecule has 1 aromatic rings. The van der Waals surface area contributed by atoms with Gasteiger partial charge in [0.2, 0.25) is 0 Å². The number of nitrogens with zero attached hydrogens (tertiary/aromatic N) is 1. The fourth-order valence-corrected chi connectivity index (χ4v) is 1.72. The van der Waals surface area contributed by atoms with Crippen molar-refractivity contribution in [3.63, 3.8) is 0 Å². The predicted octanol–water partition coefficient (Wildman–Crippen LogP) is 2.63. The maximum Gasteiger partial charge on any atom is 0.176 e. The van der Waals surface area contributed by atoms with Gasteiger partial charge in [-0.3, -0.25) is 0 Å². The van der Waals surface area contributed by atoms with Crippen LogP contribution >= 0.6 is 11.6 Å². The van der Waals surface area contributed by atoms with Crippen LogP contribution in [-0.4, -0.2) is 26.6 Å². The number of rotatable bonds is 5. The summed E-state index contributed by atoms with van der Waals surface area (Å²) in [4.78, 5) is 0. The van der Waals surface area contributed by atoms with E-state index in [-0.39, 0.29) is 12.3 Å². The van der Waals surface area contributed by atoms with Gasteiger partial charge in [-0.25, -0.2) is 0 Å². The van der Waals surface area contributed by atoms with Crippen molar-refractivity contribution in [1.82, 2.24) is 0 Å². The Morgan fingerprint density at radius 2 is 2.00 bits per heavy atom. The first-order valence-electron chi connectivity index (χ1n) is 5.14. The molecule has 0 spiro atoms. The number of nitrogens with one attached hydrogen (secondary N) is 1. The average Bonchev–Trinajstić information content (AvgIpc) is 2.31. The Hall–Kier alpha value is -1.28. The van der Waals surface area contributed by atoms with Crippen molar-refractivity contribution in [2.24, 2.45) is 0 Å². The molecule has 0 saturated heterocycles. The van der Waals surface area contributed by atoms with Gasteiger partial charge in [-0.2, -0.15) is 5.26 Å². The van der Waals surface area contributed by atoms with Crippen molar-refractivity contribution in [2.75, 3.05) is 19.5 Å². The summed E-state index contributed by atoms with van der Waals surface area (Å²) in [6, 6.07) is 7.06. The Morgan fingerprint density at radius 3 is 2.53 bits per heavy atom. The Labute approximate surface area is 106 Å². The average molecular weight is 255 g/mol. The summed E-state index contributed by atoms with van der Waals surface area (Å²) in [6.07, 6.45) is -0.388. The summed E-state index contributed by atoms with van der Waals surface area (Å²) < 4.78 is 10.3. The minimum Gasteiger partial charge on any atom is -0.376 e. The van der Waals surface area contributed by atoms with Gasteiger partial charge in [0.15, 0.2) is 6.29 Å². The molecule has 17 heavy (non-hydrogen) atoms. The molecule has 0 aliphatic rings. The second kappa shape index (κ2) is 6.45. The molecule has 0 heterocycles. The van der Waals surface area contributed by atoms with Crippen molar-refractivity contribution in [2.45, 2.75) is 19.3 Å². The van der Waals surface area contributed by atoms with E-state index >= 15 is 0 Å². The molecule has 0 aromatic heterocycles. The highest BCUT2D eigenvalue weighted by molar-refractivity contribution is 6.30. The van der Waals surface area contributed by atoms with Gasteiger partial charge in [-0.1, -0.05) is 11.6 Å². The largest absolute Gasteiger partial charge is 0.376 e. The van der Waals surface area contributed by atoms with Crippen LogP contribution in [0.3, 0.4) is 0 Å². The Morgan fingerprint density at radius 1 is 1.35 bits per heavy atom. The van der Waals surface area contributed by atoms with Crippen LogP contribution in [0.4, 0.5) is 5.69 Å². The van der Waals surface area contributed by atoms with E-state index in [1.54, 1.807) is 32.4 Å². The number of anilines is 1. The lowest BCUT2D eigenvalue weighted by molar-refractivity contribution is -0.109. The van der Waals surface area contributed by atoms with Gasteiger partial charge < -0.3 is 14.8 Å². The van der Waals surface area contributed by atoms with Crippen LogP contribution in [0.1, 0.15) is 12.5 Å². The molecule has 4 nitrogen and oxygen atoms in total. The molecule has 92 valence electrons. The van der Waals surface area contributed by atoms with Crippen LogP contribution in [-0.2, 0) is 9.47 Å². The van der Waals surface area contributed by atoms with Crippen LogP contribution < -0.4 is 5.32 Å². The molecule has 0 fully saturated rings. The predicted molar refractivity (Wildman–Crippen MR) is 67.1 cm³/mol. The zero-order chi connectivity index (χ0) is 12.8. The number of hydrogen-bond acceptors (Lipinski definition) is 4. The van der Waals surface area contributed by atoms with Crippen molar-refractivity contribution in [1.29, 1.82) is 5.26 Å². The molecule has 1 atom stereocenters. The molecular weight excluding hydrogens is 240 g/mol. The highest BCUT2D eigenvalue weighted by Crippen LogP contribution is 2.21. The van der Waals surface area contributed by atoms with Crippen molar-refractivity contribution in [3.8, 4) is 6.07 Å². The first-order valence-corrected chi connectivity index (χ1v) is 5.52. The van der Waals surface area contributed by atoms with Gasteiger partial charge in [0, 0.05) is 19.2 Å². The molecule has 1 aromatic carbocycles. The van der Waals surface area contributed by atoms with E-state index in [0.29, 0.717) is 16.3 Å². The number of nitriles is 1. The first-order chi connectivity index (χ1) is 8.12. The van der Waals surface area contributed by atoms with Gasteiger partial charge in [0.05, 0.1) is 17.3 Å². The quantitative estimate of drug-likeness (QED) is 0.821. The van der Waals surface area contributed by atoms with Gasteiger partial charge in [0.25, 0.3) is 0 Å². The molecule has 1 N–H and O–H groups in total. The van der Waals surface area contributed by atoms with Gasteiger partial charge in [-0.15, -0.1) is 0 Å². The first kappa shape index (κ1) is 13.8. The van der Waals surface area contributed by atoms with E-state index in [2.05, 4.69) is 11.4 Å². The van der Waals surface area contributed by atoms with E-state index in [9.17, 15) is 0 Å². The molecule has 1 rings (SSSR count). The smallest absolute Gasteiger partial charge is 0.176 e. The normalized spacial score (nSPS) is 12.2. The lowest BCUT2D eigenvalue weighted by Crippen LogP contribution is -2.34. The minimum atomic E-state index is -0.388. The van der Waals surface area contributed by atoms with Crippen LogP contribution in [0.15, 0.2) is 18.2 Å². The number of halogens is 1. The zero-order valence-electron chi connectivity index (χ0n) is 10.0. The van der Waals surface area contributed by atoms with Crippen LogP contribution in [0.5, 0.6) is 0 Å². The highest BCUT2D eigenvalue weighted by Gasteiger charge is 2.16. The third-order valence-electron chi connectivity index (χ3n) is 2.36. The lowest BCUT2D eigenvalue weighted by Gasteiger charge is -2.23. The number of benzene rings is 1. The maximum absolute atomic E-state index is 8.98. The summed E-state index contributed by atoms with van der Waals surface area (Å²) >= 11 is 5.89. The maximum atomic E-state index is 8.98. The second-order valence-electron chi connectivity index (χ2n) is 3.57. The standard InChI is InChI=1S/C12H15ClN2O2/c1-8(12(16-2)17-3)15-11-6-10(13)5-4-9(11)7-14/h4-6,8,12,15H,1-3H3. The Kier molecular flexibility index (Phi) is 5.23. The fourth-order valence-electron chi connectivity index (χ4n) is 1.55. The van der Waals surface area contributed by atoms with Crippen LogP contribution in [0.2, 0.25) is 5.02 Å². The SMILES string of the molecule is COC(OC)C(C)Nc1cc(Cl)ccc1C#N. The molecular formula is C12H15ClN2O2. The fraction of sp³-hybridized carbons (Fsp3) is 0.417. The van der Waals surface area contributed by atoms with E-state index in [1.807, 2.05) is 6.92 Å². The molecule has 0 amide bonds. The van der Waals surface area contributed by atoms with E-state index < -0.39 is 0 Å². The Bertz CT molecular complexity index is 413. The summed E-state index contributed by atoms with van der Waals surface area (Å²) in [7, 11) is 3.13. The van der Waals surface area contributed by atoms with E-state index in [4.69, 9.17) is 26.3 Å². The monoisotopic (exact) mass is 254 g/mol. The van der Waals surface area contributed by atoms with Crippen LogP contribution in [0, 0.1) is 11.3 Å². The number of ether oxygens (including phenoxy) is 2. The second-order valence-corrected chi connectivity index (χ2v) is 4.01. The molecule has 0 bridgehead atoms. The molecule has 0 saturated carbocycles. The lowest BCUT2D eigenvalue weighted by atomic mass is 10.1. The van der Waals surface area contributed by atoms with E-state index in [1.165, 1.54) is 0 Å². The van der Waals surface area contributed by atoms with Crippen LogP contribution in [0.25, 0.3) is 0 Å². The van der Waals surface area contributed by atoms with Crippen molar-refractivity contribution >= 4 is 17.3 Å².